The summed E-state index contributed by atoms with van der Waals surface area (Å²) in [5, 5.41) is 2.85. The van der Waals surface area contributed by atoms with Crippen LogP contribution in [0.25, 0.3) is 0 Å². The molecule has 1 heterocycles. The van der Waals surface area contributed by atoms with Crippen molar-refractivity contribution in [2.24, 2.45) is 5.73 Å². The Morgan fingerprint density at radius 2 is 1.48 bits per heavy atom. The lowest BCUT2D eigenvalue weighted by atomic mass is 10.1. The van der Waals surface area contributed by atoms with Gasteiger partial charge < -0.3 is 11.1 Å². The van der Waals surface area contributed by atoms with Crippen LogP contribution in [0, 0.1) is 0 Å². The van der Waals surface area contributed by atoms with Gasteiger partial charge in [0.05, 0.1) is 22.5 Å². The summed E-state index contributed by atoms with van der Waals surface area (Å²) < 4.78 is 0. The van der Waals surface area contributed by atoms with Crippen LogP contribution in [0.2, 0.25) is 0 Å². The molecule has 0 saturated carbocycles. The van der Waals surface area contributed by atoms with Gasteiger partial charge in [0.2, 0.25) is 0 Å². The van der Waals surface area contributed by atoms with E-state index in [-0.39, 0.29) is 16.9 Å². The average Bonchev–Trinajstić information content (AvgIpc) is 2.72. The summed E-state index contributed by atoms with van der Waals surface area (Å²) in [5.74, 6) is -0.708. The maximum atomic E-state index is 12.5. The van der Waals surface area contributed by atoms with Gasteiger partial charge in [0, 0.05) is 0 Å². The highest BCUT2D eigenvalue weighted by molar-refractivity contribution is 7.80. The number of para-hydroxylation sites is 2. The van der Waals surface area contributed by atoms with Crippen LogP contribution in [0.5, 0.6) is 0 Å². The Balaban J connectivity index is 2.09. The van der Waals surface area contributed by atoms with Crippen LogP contribution >= 0.6 is 12.2 Å². The first-order chi connectivity index (χ1) is 10.1. The smallest absolute Gasteiger partial charge is 0.266 e. The Morgan fingerprint density at radius 3 is 2.05 bits per heavy atom. The van der Waals surface area contributed by atoms with Gasteiger partial charge in [-0.15, -0.1) is 0 Å². The number of carbonyl (C=O) groups excluding carboxylic acids is 2. The minimum Gasteiger partial charge on any atom is -0.376 e. The number of fused-ring (bicyclic) bond motifs is 1. The van der Waals surface area contributed by atoms with E-state index in [9.17, 15) is 9.59 Å². The third-order valence-corrected chi connectivity index (χ3v) is 3.30. The lowest BCUT2D eigenvalue weighted by Gasteiger charge is -2.18. The van der Waals surface area contributed by atoms with Gasteiger partial charge in [0.1, 0.15) is 0 Å². The molecule has 0 atom stereocenters. The fourth-order valence-corrected chi connectivity index (χ4v) is 2.43. The molecule has 2 aromatic carbocycles. The van der Waals surface area contributed by atoms with Crippen molar-refractivity contribution in [2.75, 3.05) is 10.2 Å². The van der Waals surface area contributed by atoms with Crippen LogP contribution in [0.1, 0.15) is 20.7 Å². The van der Waals surface area contributed by atoms with E-state index in [0.717, 1.165) is 4.90 Å². The number of imide groups is 1. The third kappa shape index (κ3) is 2.15. The summed E-state index contributed by atoms with van der Waals surface area (Å²) in [4.78, 5) is 26.0. The zero-order valence-corrected chi connectivity index (χ0v) is 11.7. The van der Waals surface area contributed by atoms with Gasteiger partial charge in [-0.2, -0.15) is 0 Å². The van der Waals surface area contributed by atoms with E-state index >= 15 is 0 Å². The van der Waals surface area contributed by atoms with Gasteiger partial charge in [-0.25, -0.2) is 4.90 Å². The molecular weight excluding hydrogens is 286 g/mol. The minimum absolute atomic E-state index is 0.0686. The van der Waals surface area contributed by atoms with Crippen molar-refractivity contribution in [1.29, 1.82) is 0 Å². The Morgan fingerprint density at radius 1 is 0.952 bits per heavy atom. The molecule has 0 unspecified atom stereocenters. The molecule has 1 aliphatic rings. The molecule has 3 rings (SSSR count). The van der Waals surface area contributed by atoms with E-state index in [1.807, 2.05) is 0 Å². The van der Waals surface area contributed by atoms with E-state index in [1.165, 1.54) is 0 Å². The van der Waals surface area contributed by atoms with Crippen molar-refractivity contribution < 1.29 is 9.59 Å². The summed E-state index contributed by atoms with van der Waals surface area (Å²) in [6.45, 7) is 0. The SMILES string of the molecule is NC(=S)Nc1ccccc1N1C(=O)c2ccccc2C1=O. The predicted octanol–water partition coefficient (Wildman–Crippen LogP) is 2.14. The number of anilines is 2. The number of benzene rings is 2. The standard InChI is InChI=1S/C15H11N3O2S/c16-15(21)17-11-7-3-4-8-12(11)18-13(19)9-5-1-2-6-10(9)14(18)20/h1-8H,(H3,16,17,21). The van der Waals surface area contributed by atoms with E-state index in [4.69, 9.17) is 18.0 Å². The highest BCUT2D eigenvalue weighted by Gasteiger charge is 2.37. The van der Waals surface area contributed by atoms with Crippen molar-refractivity contribution in [3.8, 4) is 0 Å². The quantitative estimate of drug-likeness (QED) is 0.656. The monoisotopic (exact) mass is 297 g/mol. The molecule has 0 fully saturated rings. The minimum atomic E-state index is -0.354. The second-order valence-electron chi connectivity index (χ2n) is 4.50. The number of nitrogens with two attached hydrogens (primary N) is 1. The van der Waals surface area contributed by atoms with Gasteiger partial charge in [0.25, 0.3) is 11.8 Å². The van der Waals surface area contributed by atoms with Gasteiger partial charge >= 0.3 is 0 Å². The molecule has 0 aliphatic carbocycles. The predicted molar refractivity (Wildman–Crippen MR) is 84.4 cm³/mol. The third-order valence-electron chi connectivity index (χ3n) is 3.20. The molecule has 2 aromatic rings. The molecule has 6 heteroatoms. The summed E-state index contributed by atoms with van der Waals surface area (Å²) in [7, 11) is 0. The molecular formula is C15H11N3O2S. The first-order valence-electron chi connectivity index (χ1n) is 6.23. The number of rotatable bonds is 2. The van der Waals surface area contributed by atoms with Crippen molar-refractivity contribution in [3.05, 3.63) is 59.7 Å². The highest BCUT2D eigenvalue weighted by atomic mass is 32.1. The number of carbonyl (C=O) groups is 2. The van der Waals surface area contributed by atoms with Gasteiger partial charge in [-0.05, 0) is 36.5 Å². The fraction of sp³-hybridized carbons (Fsp3) is 0. The molecule has 0 saturated heterocycles. The highest BCUT2D eigenvalue weighted by Crippen LogP contribution is 2.33. The number of hydrogen-bond acceptors (Lipinski definition) is 3. The van der Waals surface area contributed by atoms with Gasteiger partial charge in [-0.1, -0.05) is 24.3 Å². The molecule has 3 N–H and O–H groups in total. The van der Waals surface area contributed by atoms with Crippen LogP contribution in [0.4, 0.5) is 11.4 Å². The lowest BCUT2D eigenvalue weighted by Crippen LogP contribution is -2.31. The molecule has 104 valence electrons. The van der Waals surface area contributed by atoms with E-state index < -0.39 is 0 Å². The molecule has 1 aliphatic heterocycles. The molecule has 0 aromatic heterocycles. The van der Waals surface area contributed by atoms with Gasteiger partial charge in [0.15, 0.2) is 5.11 Å². The summed E-state index contributed by atoms with van der Waals surface area (Å²) in [6.07, 6.45) is 0. The van der Waals surface area contributed by atoms with Crippen LogP contribution in [-0.4, -0.2) is 16.9 Å². The first-order valence-corrected chi connectivity index (χ1v) is 6.63. The molecule has 0 bridgehead atoms. The van der Waals surface area contributed by atoms with Crippen molar-refractivity contribution in [1.82, 2.24) is 0 Å². The van der Waals surface area contributed by atoms with E-state index in [2.05, 4.69) is 5.32 Å². The molecule has 5 nitrogen and oxygen atoms in total. The van der Waals surface area contributed by atoms with E-state index in [0.29, 0.717) is 22.5 Å². The molecule has 0 radical (unpaired) electrons. The van der Waals surface area contributed by atoms with Gasteiger partial charge in [-0.3, -0.25) is 9.59 Å². The number of nitrogens with one attached hydrogen (secondary N) is 1. The maximum absolute atomic E-state index is 12.5. The van der Waals surface area contributed by atoms with Crippen molar-refractivity contribution in [3.63, 3.8) is 0 Å². The summed E-state index contributed by atoms with van der Waals surface area (Å²) in [6, 6.07) is 13.6. The Bertz CT molecular complexity index is 738. The number of thiocarbonyl (C=S) groups is 1. The summed E-state index contributed by atoms with van der Waals surface area (Å²) >= 11 is 4.82. The molecule has 2 amide bonds. The topological polar surface area (TPSA) is 75.4 Å². The average molecular weight is 297 g/mol. The maximum Gasteiger partial charge on any atom is 0.266 e. The number of nitrogens with zero attached hydrogens (tertiary/aromatic N) is 1. The second kappa shape index (κ2) is 4.99. The largest absolute Gasteiger partial charge is 0.376 e. The summed E-state index contributed by atoms with van der Waals surface area (Å²) in [5.41, 5.74) is 7.21. The fourth-order valence-electron chi connectivity index (χ4n) is 2.32. The van der Waals surface area contributed by atoms with Crippen molar-refractivity contribution in [2.45, 2.75) is 0 Å². The Labute approximate surface area is 126 Å². The van der Waals surface area contributed by atoms with Crippen LogP contribution in [0.3, 0.4) is 0 Å². The van der Waals surface area contributed by atoms with E-state index in [1.54, 1.807) is 48.5 Å². The number of hydrogen-bond donors (Lipinski definition) is 2. The van der Waals surface area contributed by atoms with Crippen LogP contribution in [-0.2, 0) is 0 Å². The molecule has 0 spiro atoms. The van der Waals surface area contributed by atoms with Crippen LogP contribution in [0.15, 0.2) is 48.5 Å². The zero-order chi connectivity index (χ0) is 15.0. The Hall–Kier alpha value is -2.73. The number of amides is 2. The van der Waals surface area contributed by atoms with Crippen molar-refractivity contribution >= 4 is 40.5 Å². The second-order valence-corrected chi connectivity index (χ2v) is 4.94. The molecule has 21 heavy (non-hydrogen) atoms. The normalized spacial score (nSPS) is 13.2. The Kier molecular flexibility index (Phi) is 3.15. The first kappa shape index (κ1) is 13.3. The van der Waals surface area contributed by atoms with Crippen LogP contribution < -0.4 is 16.0 Å². The lowest BCUT2D eigenvalue weighted by molar-refractivity contribution is 0.0926. The zero-order valence-electron chi connectivity index (χ0n) is 10.9.